The minimum absolute atomic E-state index is 0.689. The molecular weight excluding hydrogens is 156 g/mol. The average Bonchev–Trinajstić information content (AvgIpc) is 2.12. The molecule has 0 N–H and O–H groups in total. The Morgan fingerprint density at radius 3 is 2.31 bits per heavy atom. The third-order valence-corrected chi connectivity index (χ3v) is 5.39. The molecule has 4 fully saturated rings. The maximum absolute atomic E-state index is 4.48. The summed E-state index contributed by atoms with van der Waals surface area (Å²) in [5, 5.41) is 0. The summed E-state index contributed by atoms with van der Waals surface area (Å²) < 4.78 is 0. The Kier molecular flexibility index (Phi) is 1.61. The quantitative estimate of drug-likeness (QED) is 0.573. The van der Waals surface area contributed by atoms with Gasteiger partial charge in [0.25, 0.3) is 0 Å². The van der Waals surface area contributed by atoms with Crippen molar-refractivity contribution in [1.82, 2.24) is 0 Å². The molecule has 0 aromatic heterocycles. The van der Waals surface area contributed by atoms with Crippen LogP contribution in [-0.2, 0) is 0 Å². The highest BCUT2D eigenvalue weighted by Crippen LogP contribution is 2.63. The first-order chi connectivity index (χ1) is 6.23. The lowest BCUT2D eigenvalue weighted by molar-refractivity contribution is -0.0928. The zero-order valence-electron chi connectivity index (χ0n) is 8.76. The van der Waals surface area contributed by atoms with Crippen molar-refractivity contribution in [2.75, 3.05) is 0 Å². The minimum Gasteiger partial charge on any atom is -0.0648 e. The van der Waals surface area contributed by atoms with Gasteiger partial charge in [-0.25, -0.2) is 0 Å². The maximum atomic E-state index is 4.48. The molecular formula is C13H21. The fourth-order valence-corrected chi connectivity index (χ4v) is 4.87. The van der Waals surface area contributed by atoms with E-state index in [9.17, 15) is 0 Å². The maximum Gasteiger partial charge on any atom is -0.0264 e. The van der Waals surface area contributed by atoms with E-state index in [1.54, 1.807) is 6.42 Å². The molecule has 3 unspecified atom stereocenters. The molecule has 4 aliphatic carbocycles. The van der Waals surface area contributed by atoms with E-state index in [4.69, 9.17) is 0 Å². The van der Waals surface area contributed by atoms with Gasteiger partial charge in [0, 0.05) is 0 Å². The molecule has 4 rings (SSSR count). The molecule has 0 nitrogen and oxygen atoms in total. The van der Waals surface area contributed by atoms with E-state index in [-0.39, 0.29) is 0 Å². The zero-order valence-corrected chi connectivity index (χ0v) is 8.76. The van der Waals surface area contributed by atoms with Crippen LogP contribution in [0.15, 0.2) is 0 Å². The van der Waals surface area contributed by atoms with Gasteiger partial charge in [-0.1, -0.05) is 13.3 Å². The van der Waals surface area contributed by atoms with Crippen LogP contribution in [-0.4, -0.2) is 0 Å². The molecule has 4 bridgehead atoms. The lowest BCUT2D eigenvalue weighted by Gasteiger charge is -2.60. The van der Waals surface area contributed by atoms with Crippen LogP contribution in [0.3, 0.4) is 0 Å². The van der Waals surface area contributed by atoms with Crippen LogP contribution in [0.1, 0.15) is 45.4 Å². The van der Waals surface area contributed by atoms with Crippen LogP contribution in [0.25, 0.3) is 0 Å². The van der Waals surface area contributed by atoms with Gasteiger partial charge in [0.05, 0.1) is 0 Å². The summed E-state index contributed by atoms with van der Waals surface area (Å²) in [5.41, 5.74) is 0.689. The number of hydrogen-bond acceptors (Lipinski definition) is 0. The van der Waals surface area contributed by atoms with Crippen molar-refractivity contribution < 1.29 is 0 Å². The predicted molar refractivity (Wildman–Crippen MR) is 55.1 cm³/mol. The van der Waals surface area contributed by atoms with Gasteiger partial charge >= 0.3 is 0 Å². The van der Waals surface area contributed by atoms with E-state index in [0.29, 0.717) is 5.41 Å². The monoisotopic (exact) mass is 177 g/mol. The van der Waals surface area contributed by atoms with Gasteiger partial charge in [-0.3, -0.25) is 0 Å². The van der Waals surface area contributed by atoms with E-state index in [0.717, 1.165) is 23.7 Å². The fraction of sp³-hybridized carbons (Fsp3) is 0.923. The van der Waals surface area contributed by atoms with Crippen molar-refractivity contribution in [1.29, 1.82) is 0 Å². The molecule has 0 aromatic rings. The van der Waals surface area contributed by atoms with Crippen LogP contribution in [0.5, 0.6) is 0 Å². The van der Waals surface area contributed by atoms with Crippen LogP contribution in [0.4, 0.5) is 0 Å². The highest BCUT2D eigenvalue weighted by Gasteiger charge is 2.53. The largest absolute Gasteiger partial charge is 0.0648 e. The molecule has 0 heteroatoms. The molecule has 4 saturated carbocycles. The number of hydrogen-bond donors (Lipinski definition) is 0. The van der Waals surface area contributed by atoms with E-state index in [1.807, 2.05) is 0 Å². The molecule has 0 aliphatic heterocycles. The molecule has 1 radical (unpaired) electrons. The van der Waals surface area contributed by atoms with E-state index in [2.05, 4.69) is 13.8 Å². The van der Waals surface area contributed by atoms with Crippen molar-refractivity contribution in [3.05, 3.63) is 6.92 Å². The van der Waals surface area contributed by atoms with Gasteiger partial charge in [0.1, 0.15) is 0 Å². The van der Waals surface area contributed by atoms with E-state index >= 15 is 0 Å². The van der Waals surface area contributed by atoms with Gasteiger partial charge in [0.2, 0.25) is 0 Å². The standard InChI is InChI=1S/C13H21/c1-3-13-7-10-4-11(8-13)6-12(5-10)9(13)2/h9-12H,2-8H2,1H3. The summed E-state index contributed by atoms with van der Waals surface area (Å²) in [5.74, 6) is 3.99. The molecule has 13 heavy (non-hydrogen) atoms. The second kappa shape index (κ2) is 2.52. The highest BCUT2D eigenvalue weighted by molar-refractivity contribution is 5.06. The van der Waals surface area contributed by atoms with Crippen LogP contribution in [0, 0.1) is 36.0 Å². The Balaban J connectivity index is 1.95. The molecule has 0 heterocycles. The summed E-state index contributed by atoms with van der Waals surface area (Å²) in [7, 11) is 0. The predicted octanol–water partition coefficient (Wildman–Crippen LogP) is 3.67. The lowest BCUT2D eigenvalue weighted by atomic mass is 9.45. The zero-order chi connectivity index (χ0) is 9.05. The first kappa shape index (κ1) is 8.32. The summed E-state index contributed by atoms with van der Waals surface area (Å²) in [6.07, 6.45) is 9.03. The van der Waals surface area contributed by atoms with Crippen LogP contribution in [0.2, 0.25) is 0 Å². The van der Waals surface area contributed by atoms with Crippen LogP contribution < -0.4 is 0 Å². The molecule has 0 aromatic carbocycles. The Morgan fingerprint density at radius 1 is 1.15 bits per heavy atom. The van der Waals surface area contributed by atoms with Crippen molar-refractivity contribution >= 4 is 0 Å². The SMILES string of the molecule is [CH2]C1C2CC3CC(C2)CC1(CC)C3. The van der Waals surface area contributed by atoms with Gasteiger partial charge in [-0.05, 0) is 68.1 Å². The smallest absolute Gasteiger partial charge is 0.0264 e. The third kappa shape index (κ3) is 0.980. The Bertz CT molecular complexity index is 204. The molecule has 0 amide bonds. The molecule has 4 aliphatic rings. The van der Waals surface area contributed by atoms with Crippen molar-refractivity contribution in [2.45, 2.75) is 45.4 Å². The minimum atomic E-state index is 0.689. The Morgan fingerprint density at radius 2 is 1.77 bits per heavy atom. The van der Waals surface area contributed by atoms with E-state index < -0.39 is 0 Å². The fourth-order valence-electron chi connectivity index (χ4n) is 4.87. The normalized spacial score (nSPS) is 58.6. The Labute approximate surface area is 82.1 Å². The van der Waals surface area contributed by atoms with E-state index in [1.165, 1.54) is 32.1 Å². The van der Waals surface area contributed by atoms with Crippen molar-refractivity contribution in [2.24, 2.45) is 29.1 Å². The van der Waals surface area contributed by atoms with Gasteiger partial charge in [-0.2, -0.15) is 0 Å². The van der Waals surface area contributed by atoms with Crippen molar-refractivity contribution in [3.8, 4) is 0 Å². The van der Waals surface area contributed by atoms with Crippen LogP contribution >= 0.6 is 0 Å². The number of rotatable bonds is 1. The molecule has 73 valence electrons. The summed E-state index contributed by atoms with van der Waals surface area (Å²) in [6, 6.07) is 0. The first-order valence-corrected chi connectivity index (χ1v) is 6.06. The summed E-state index contributed by atoms with van der Waals surface area (Å²) >= 11 is 0. The Hall–Kier alpha value is 0. The second-order valence-corrected chi connectivity index (χ2v) is 5.93. The van der Waals surface area contributed by atoms with Crippen molar-refractivity contribution in [3.63, 3.8) is 0 Å². The summed E-state index contributed by atoms with van der Waals surface area (Å²) in [6.45, 7) is 6.87. The van der Waals surface area contributed by atoms with Gasteiger partial charge in [0.15, 0.2) is 0 Å². The molecule has 0 spiro atoms. The molecule has 3 atom stereocenters. The highest BCUT2D eigenvalue weighted by atomic mass is 14.6. The third-order valence-electron chi connectivity index (χ3n) is 5.39. The second-order valence-electron chi connectivity index (χ2n) is 5.93. The average molecular weight is 177 g/mol. The first-order valence-electron chi connectivity index (χ1n) is 6.06. The van der Waals surface area contributed by atoms with Gasteiger partial charge in [-0.15, -0.1) is 0 Å². The molecule has 0 saturated heterocycles. The lowest BCUT2D eigenvalue weighted by Crippen LogP contribution is -2.51. The van der Waals surface area contributed by atoms with Gasteiger partial charge < -0.3 is 0 Å². The summed E-state index contributed by atoms with van der Waals surface area (Å²) in [4.78, 5) is 0. The topological polar surface area (TPSA) is 0 Å².